The second kappa shape index (κ2) is 9.30. The third-order valence-electron chi connectivity index (χ3n) is 6.34. The van der Waals surface area contributed by atoms with Gasteiger partial charge in [-0.05, 0) is 56.7 Å². The van der Waals surface area contributed by atoms with Crippen LogP contribution in [-0.2, 0) is 9.84 Å². The molecule has 1 aromatic carbocycles. The Kier molecular flexibility index (Phi) is 7.00. The zero-order chi connectivity index (χ0) is 21.0. The van der Waals surface area contributed by atoms with Gasteiger partial charge in [0.1, 0.15) is 9.84 Å². The number of nitro groups is 1. The summed E-state index contributed by atoms with van der Waals surface area (Å²) in [6, 6.07) is 5.09. The second-order valence-corrected chi connectivity index (χ2v) is 10.5. The lowest BCUT2D eigenvalue weighted by Gasteiger charge is -2.40. The lowest BCUT2D eigenvalue weighted by atomic mass is 9.78. The zero-order valence-electron chi connectivity index (χ0n) is 17.2. The van der Waals surface area contributed by atoms with Crippen molar-refractivity contribution in [3.05, 3.63) is 28.3 Å². The number of benzene rings is 1. The number of methoxy groups -OCH3 is 1. The van der Waals surface area contributed by atoms with Crippen molar-refractivity contribution in [3.8, 4) is 5.75 Å². The van der Waals surface area contributed by atoms with E-state index in [0.29, 0.717) is 24.1 Å². The van der Waals surface area contributed by atoms with E-state index in [4.69, 9.17) is 4.74 Å². The molecule has 2 heterocycles. The fraction of sp³-hybridized carbons (Fsp3) is 0.700. The predicted molar refractivity (Wildman–Crippen MR) is 113 cm³/mol. The number of sulfone groups is 1. The summed E-state index contributed by atoms with van der Waals surface area (Å²) in [5.41, 5.74) is 0.968. The van der Waals surface area contributed by atoms with E-state index in [9.17, 15) is 18.5 Å². The van der Waals surface area contributed by atoms with Crippen molar-refractivity contribution in [1.29, 1.82) is 0 Å². The molecule has 0 unspecified atom stereocenters. The average Bonchev–Trinajstić information content (AvgIpc) is 2.71. The highest BCUT2D eigenvalue weighted by atomic mass is 32.2. The third kappa shape index (κ3) is 5.82. The van der Waals surface area contributed by atoms with Crippen LogP contribution >= 0.6 is 0 Å². The first kappa shape index (κ1) is 21.8. The molecular formula is C20H31N3O5S. The number of hydrogen-bond donors (Lipinski definition) is 0. The number of piperidine rings is 2. The standard InChI is InChI=1S/C20H31N3O5S/c1-28-20-15-18(3-4-19(20)23(24)25)22-11-7-17(8-12-22)16-5-9-21(10-6-16)13-14-29(2,26)27/h3-4,15-17H,5-14H2,1-2H3. The fourth-order valence-corrected chi connectivity index (χ4v) is 5.18. The third-order valence-corrected chi connectivity index (χ3v) is 7.27. The summed E-state index contributed by atoms with van der Waals surface area (Å²) in [6.07, 6.45) is 5.81. The molecule has 9 heteroatoms. The molecule has 0 N–H and O–H groups in total. The quantitative estimate of drug-likeness (QED) is 0.490. The van der Waals surface area contributed by atoms with Crippen molar-refractivity contribution in [2.45, 2.75) is 25.7 Å². The highest BCUT2D eigenvalue weighted by Gasteiger charge is 2.30. The van der Waals surface area contributed by atoms with E-state index in [1.165, 1.54) is 19.4 Å². The number of anilines is 1. The lowest BCUT2D eigenvalue weighted by Crippen LogP contribution is -2.42. The zero-order valence-corrected chi connectivity index (χ0v) is 18.1. The first-order valence-electron chi connectivity index (χ1n) is 10.2. The van der Waals surface area contributed by atoms with Gasteiger partial charge in [0.2, 0.25) is 0 Å². The summed E-state index contributed by atoms with van der Waals surface area (Å²) in [5, 5.41) is 11.1. The fourth-order valence-electron chi connectivity index (χ4n) is 4.59. The van der Waals surface area contributed by atoms with Gasteiger partial charge >= 0.3 is 5.69 Å². The molecule has 2 aliphatic rings. The van der Waals surface area contributed by atoms with Gasteiger partial charge in [0.25, 0.3) is 0 Å². The van der Waals surface area contributed by atoms with Gasteiger partial charge in [0.15, 0.2) is 5.75 Å². The molecule has 2 saturated heterocycles. The van der Waals surface area contributed by atoms with Crippen LogP contribution < -0.4 is 9.64 Å². The maximum Gasteiger partial charge on any atom is 0.311 e. The molecule has 3 rings (SSSR count). The summed E-state index contributed by atoms with van der Waals surface area (Å²) in [5.74, 6) is 1.95. The maximum atomic E-state index is 11.4. The van der Waals surface area contributed by atoms with Crippen molar-refractivity contribution in [2.24, 2.45) is 11.8 Å². The molecular weight excluding hydrogens is 394 g/mol. The Hall–Kier alpha value is -1.87. The maximum absolute atomic E-state index is 11.4. The van der Waals surface area contributed by atoms with E-state index in [0.717, 1.165) is 57.5 Å². The van der Waals surface area contributed by atoms with E-state index < -0.39 is 14.8 Å². The summed E-state index contributed by atoms with van der Waals surface area (Å²) in [6.45, 7) is 4.51. The topological polar surface area (TPSA) is 93.0 Å². The Balaban J connectivity index is 1.49. The van der Waals surface area contributed by atoms with Gasteiger partial charge in [-0.2, -0.15) is 0 Å². The highest BCUT2D eigenvalue weighted by Crippen LogP contribution is 2.36. The van der Waals surface area contributed by atoms with Gasteiger partial charge in [-0.3, -0.25) is 10.1 Å². The van der Waals surface area contributed by atoms with Crippen LogP contribution in [0.4, 0.5) is 11.4 Å². The Bertz CT molecular complexity index is 813. The van der Waals surface area contributed by atoms with E-state index in [2.05, 4.69) is 9.80 Å². The molecule has 8 nitrogen and oxygen atoms in total. The molecule has 29 heavy (non-hydrogen) atoms. The minimum absolute atomic E-state index is 0.00577. The SMILES string of the molecule is COc1cc(N2CCC(C3CCN(CCS(C)(=O)=O)CC3)CC2)ccc1[N+](=O)[O-]. The largest absolute Gasteiger partial charge is 0.490 e. The molecule has 0 spiro atoms. The van der Waals surface area contributed by atoms with E-state index in [1.54, 1.807) is 12.1 Å². The molecule has 1 aromatic rings. The molecule has 0 aromatic heterocycles. The van der Waals surface area contributed by atoms with Crippen LogP contribution in [-0.4, -0.2) is 70.1 Å². The van der Waals surface area contributed by atoms with Crippen LogP contribution in [0.15, 0.2) is 18.2 Å². The van der Waals surface area contributed by atoms with Gasteiger partial charge in [-0.15, -0.1) is 0 Å². The van der Waals surface area contributed by atoms with Crippen molar-refractivity contribution in [3.63, 3.8) is 0 Å². The van der Waals surface area contributed by atoms with Crippen LogP contribution in [0, 0.1) is 22.0 Å². The minimum atomic E-state index is -2.90. The van der Waals surface area contributed by atoms with Crippen molar-refractivity contribution >= 4 is 21.2 Å². The van der Waals surface area contributed by atoms with Gasteiger partial charge < -0.3 is 14.5 Å². The molecule has 2 aliphatic heterocycles. The molecule has 0 bridgehead atoms. The van der Waals surface area contributed by atoms with E-state index >= 15 is 0 Å². The van der Waals surface area contributed by atoms with Crippen LogP contribution in [0.3, 0.4) is 0 Å². The number of likely N-dealkylation sites (tertiary alicyclic amines) is 1. The van der Waals surface area contributed by atoms with Crippen LogP contribution in [0.1, 0.15) is 25.7 Å². The molecule has 0 amide bonds. The lowest BCUT2D eigenvalue weighted by molar-refractivity contribution is -0.385. The first-order valence-corrected chi connectivity index (χ1v) is 12.3. The normalized spacial score (nSPS) is 20.0. The Morgan fingerprint density at radius 1 is 1.10 bits per heavy atom. The van der Waals surface area contributed by atoms with Crippen molar-refractivity contribution in [1.82, 2.24) is 4.90 Å². The monoisotopic (exact) mass is 425 g/mol. The number of ether oxygens (including phenoxy) is 1. The summed E-state index contributed by atoms with van der Waals surface area (Å²) >= 11 is 0. The summed E-state index contributed by atoms with van der Waals surface area (Å²) in [4.78, 5) is 15.2. The van der Waals surface area contributed by atoms with Crippen molar-refractivity contribution < 1.29 is 18.1 Å². The number of nitrogens with zero attached hydrogens (tertiary/aromatic N) is 3. The van der Waals surface area contributed by atoms with Crippen molar-refractivity contribution in [2.75, 3.05) is 56.7 Å². The average molecular weight is 426 g/mol. The Labute approximate surface area is 172 Å². The second-order valence-electron chi connectivity index (χ2n) is 8.25. The molecule has 0 aliphatic carbocycles. The number of nitro benzene ring substituents is 1. The summed E-state index contributed by atoms with van der Waals surface area (Å²) < 4.78 is 27.9. The van der Waals surface area contributed by atoms with E-state index in [-0.39, 0.29) is 11.4 Å². The highest BCUT2D eigenvalue weighted by molar-refractivity contribution is 7.90. The Morgan fingerprint density at radius 3 is 2.21 bits per heavy atom. The number of rotatable bonds is 7. The molecule has 0 atom stereocenters. The van der Waals surface area contributed by atoms with Gasteiger partial charge in [0, 0.05) is 43.7 Å². The van der Waals surface area contributed by atoms with E-state index in [1.807, 2.05) is 0 Å². The van der Waals surface area contributed by atoms with Gasteiger partial charge in [0.05, 0.1) is 17.8 Å². The van der Waals surface area contributed by atoms with Crippen LogP contribution in [0.25, 0.3) is 0 Å². The van der Waals surface area contributed by atoms with Crippen LogP contribution in [0.5, 0.6) is 5.75 Å². The van der Waals surface area contributed by atoms with Crippen LogP contribution in [0.2, 0.25) is 0 Å². The molecule has 2 fully saturated rings. The summed E-state index contributed by atoms with van der Waals surface area (Å²) in [7, 11) is -1.44. The smallest absolute Gasteiger partial charge is 0.311 e. The molecule has 162 valence electrons. The first-order chi connectivity index (χ1) is 13.8. The Morgan fingerprint density at radius 2 is 1.69 bits per heavy atom. The van der Waals surface area contributed by atoms with Gasteiger partial charge in [-0.1, -0.05) is 0 Å². The molecule has 0 radical (unpaired) electrons. The predicted octanol–water partition coefficient (Wildman–Crippen LogP) is 2.58. The molecule has 0 saturated carbocycles. The minimum Gasteiger partial charge on any atom is -0.490 e. The number of hydrogen-bond acceptors (Lipinski definition) is 7. The van der Waals surface area contributed by atoms with Gasteiger partial charge in [-0.25, -0.2) is 8.42 Å².